The lowest BCUT2D eigenvalue weighted by Crippen LogP contribution is -2.01. The zero-order valence-corrected chi connectivity index (χ0v) is 7.96. The average molecular weight is 219 g/mol. The molecule has 4 heteroatoms. The third-order valence-corrected chi connectivity index (χ3v) is 1.73. The number of hydrogen-bond acceptors (Lipinski definition) is 1. The van der Waals surface area contributed by atoms with Gasteiger partial charge in [0.2, 0.25) is 0 Å². The first-order valence-corrected chi connectivity index (χ1v) is 4.36. The molecule has 1 aromatic carbocycles. The monoisotopic (exact) mass is 218 g/mol. The van der Waals surface area contributed by atoms with Crippen LogP contribution in [0.15, 0.2) is 42.5 Å². The smallest absolute Gasteiger partial charge is 0.341 e. The minimum absolute atomic E-state index is 0.465. The maximum atomic E-state index is 12.2. The summed E-state index contributed by atoms with van der Waals surface area (Å²) in [6.07, 6.45) is 0.370. The standard InChI is InChI=1S/C10H9ClF2O/c11-10(12,13)7-6-9(14)8-4-2-1-3-5-8/h1-7,9,14H/b7-6+/t9-/m1/s1. The number of hydrogen-bond donors (Lipinski definition) is 1. The van der Waals surface area contributed by atoms with Crippen LogP contribution in [0.4, 0.5) is 8.78 Å². The highest BCUT2D eigenvalue weighted by atomic mass is 35.5. The second-order valence-corrected chi connectivity index (χ2v) is 3.26. The first-order chi connectivity index (χ1) is 6.49. The molecule has 1 atom stereocenters. The topological polar surface area (TPSA) is 20.2 Å². The van der Waals surface area contributed by atoms with Crippen molar-refractivity contribution in [2.45, 2.75) is 11.5 Å². The van der Waals surface area contributed by atoms with E-state index in [1.807, 2.05) is 0 Å². The molecule has 0 aliphatic rings. The molecule has 0 fully saturated rings. The molecule has 0 unspecified atom stereocenters. The van der Waals surface area contributed by atoms with Gasteiger partial charge in [-0.25, -0.2) is 0 Å². The number of halogens is 3. The summed E-state index contributed by atoms with van der Waals surface area (Å²) in [5, 5.41) is 6.00. The summed E-state index contributed by atoms with van der Waals surface area (Å²) in [4.78, 5) is 0. The van der Waals surface area contributed by atoms with Crippen LogP contribution in [0.25, 0.3) is 0 Å². The molecule has 0 saturated carbocycles. The SMILES string of the molecule is O[C@H](/C=C/C(F)(F)Cl)c1ccccc1. The molecule has 0 radical (unpaired) electrons. The van der Waals surface area contributed by atoms with Gasteiger partial charge in [0.1, 0.15) is 0 Å². The van der Waals surface area contributed by atoms with Crippen LogP contribution in [0.5, 0.6) is 0 Å². The van der Waals surface area contributed by atoms with Crippen LogP contribution in [0.1, 0.15) is 11.7 Å². The van der Waals surface area contributed by atoms with Crippen molar-refractivity contribution in [2.24, 2.45) is 0 Å². The van der Waals surface area contributed by atoms with Gasteiger partial charge in [-0.2, -0.15) is 8.78 Å². The van der Waals surface area contributed by atoms with E-state index in [1.165, 1.54) is 0 Å². The van der Waals surface area contributed by atoms with Crippen LogP contribution in [-0.2, 0) is 0 Å². The Morgan fingerprint density at radius 3 is 2.36 bits per heavy atom. The quantitative estimate of drug-likeness (QED) is 0.611. The lowest BCUT2D eigenvalue weighted by atomic mass is 10.1. The van der Waals surface area contributed by atoms with Crippen LogP contribution < -0.4 is 0 Å². The Morgan fingerprint density at radius 1 is 1.29 bits per heavy atom. The largest absolute Gasteiger partial charge is 0.384 e. The summed E-state index contributed by atoms with van der Waals surface area (Å²) in [5.74, 6) is 0. The first-order valence-electron chi connectivity index (χ1n) is 3.98. The highest BCUT2D eigenvalue weighted by molar-refractivity contribution is 6.22. The van der Waals surface area contributed by atoms with Crippen molar-refractivity contribution in [2.75, 3.05) is 0 Å². The highest BCUT2D eigenvalue weighted by Crippen LogP contribution is 2.22. The molecule has 0 spiro atoms. The van der Waals surface area contributed by atoms with E-state index in [1.54, 1.807) is 30.3 Å². The van der Waals surface area contributed by atoms with Crippen molar-refractivity contribution in [3.63, 3.8) is 0 Å². The van der Waals surface area contributed by atoms with Crippen molar-refractivity contribution in [1.82, 2.24) is 0 Å². The Kier molecular flexibility index (Phi) is 3.61. The molecule has 0 aliphatic heterocycles. The van der Waals surface area contributed by atoms with Gasteiger partial charge in [-0.15, -0.1) is 0 Å². The minimum atomic E-state index is -3.41. The van der Waals surface area contributed by atoms with Crippen LogP contribution >= 0.6 is 11.6 Å². The van der Waals surface area contributed by atoms with Gasteiger partial charge < -0.3 is 5.11 Å². The van der Waals surface area contributed by atoms with Gasteiger partial charge in [-0.05, 0) is 29.3 Å². The van der Waals surface area contributed by atoms with Gasteiger partial charge >= 0.3 is 5.38 Å². The van der Waals surface area contributed by atoms with E-state index in [-0.39, 0.29) is 0 Å². The van der Waals surface area contributed by atoms with E-state index < -0.39 is 11.5 Å². The van der Waals surface area contributed by atoms with Gasteiger partial charge in [-0.3, -0.25) is 0 Å². The van der Waals surface area contributed by atoms with Gasteiger partial charge in [0.05, 0.1) is 6.10 Å². The average Bonchev–Trinajstić information content (AvgIpc) is 2.14. The molecule has 1 N–H and O–H groups in total. The Morgan fingerprint density at radius 2 is 1.86 bits per heavy atom. The summed E-state index contributed by atoms with van der Waals surface area (Å²) in [5.41, 5.74) is 0.546. The number of allylic oxidation sites excluding steroid dienone is 1. The van der Waals surface area contributed by atoms with E-state index in [2.05, 4.69) is 11.6 Å². The summed E-state index contributed by atoms with van der Waals surface area (Å²) in [6.45, 7) is 0. The molecule has 0 amide bonds. The molecule has 0 bridgehead atoms. The summed E-state index contributed by atoms with van der Waals surface area (Å²) >= 11 is 4.63. The predicted octanol–water partition coefficient (Wildman–Crippen LogP) is 3.11. The van der Waals surface area contributed by atoms with Gasteiger partial charge in [0.25, 0.3) is 0 Å². The molecular formula is C10H9ClF2O. The second kappa shape index (κ2) is 4.53. The van der Waals surface area contributed by atoms with Crippen molar-refractivity contribution >= 4 is 11.6 Å². The minimum Gasteiger partial charge on any atom is -0.384 e. The van der Waals surface area contributed by atoms with Crippen LogP contribution in [0.2, 0.25) is 0 Å². The van der Waals surface area contributed by atoms with Crippen LogP contribution in [-0.4, -0.2) is 10.5 Å². The van der Waals surface area contributed by atoms with Gasteiger partial charge in [-0.1, -0.05) is 30.3 Å². The zero-order valence-electron chi connectivity index (χ0n) is 7.20. The van der Waals surface area contributed by atoms with Crippen LogP contribution in [0, 0.1) is 0 Å². The fourth-order valence-corrected chi connectivity index (χ4v) is 1.03. The van der Waals surface area contributed by atoms with Crippen molar-refractivity contribution in [3.05, 3.63) is 48.0 Å². The molecule has 0 aliphatic carbocycles. The van der Waals surface area contributed by atoms with E-state index >= 15 is 0 Å². The lowest BCUT2D eigenvalue weighted by molar-refractivity contribution is 0.149. The van der Waals surface area contributed by atoms with Gasteiger partial charge in [0, 0.05) is 0 Å². The predicted molar refractivity (Wildman–Crippen MR) is 51.3 cm³/mol. The van der Waals surface area contributed by atoms with Crippen LogP contribution in [0.3, 0.4) is 0 Å². The molecule has 0 heterocycles. The summed E-state index contributed by atoms with van der Waals surface area (Å²) < 4.78 is 24.3. The molecule has 0 aromatic heterocycles. The Balaban J connectivity index is 2.69. The van der Waals surface area contributed by atoms with E-state index in [9.17, 15) is 13.9 Å². The number of rotatable bonds is 3. The molecule has 0 saturated heterocycles. The Hall–Kier alpha value is -0.930. The summed E-state index contributed by atoms with van der Waals surface area (Å²) in [6, 6.07) is 8.48. The molecule has 1 rings (SSSR count). The molecule has 14 heavy (non-hydrogen) atoms. The van der Waals surface area contributed by atoms with Crippen molar-refractivity contribution in [3.8, 4) is 0 Å². The summed E-state index contributed by atoms with van der Waals surface area (Å²) in [7, 11) is 0. The Bertz CT molecular complexity index is 306. The van der Waals surface area contributed by atoms with Crippen molar-refractivity contribution < 1.29 is 13.9 Å². The lowest BCUT2D eigenvalue weighted by Gasteiger charge is -2.06. The number of aliphatic hydroxyl groups is 1. The highest BCUT2D eigenvalue weighted by Gasteiger charge is 2.19. The normalized spacial score (nSPS) is 14.6. The van der Waals surface area contributed by atoms with Crippen molar-refractivity contribution in [1.29, 1.82) is 0 Å². The molecule has 76 valence electrons. The maximum Gasteiger partial charge on any atom is 0.341 e. The Labute approximate surface area is 85.6 Å². The fourth-order valence-electron chi connectivity index (χ4n) is 0.962. The second-order valence-electron chi connectivity index (χ2n) is 2.76. The number of alkyl halides is 3. The third kappa shape index (κ3) is 3.85. The number of aliphatic hydroxyl groups excluding tert-OH is 1. The molecule has 1 aromatic rings. The van der Waals surface area contributed by atoms with E-state index in [4.69, 9.17) is 0 Å². The van der Waals surface area contributed by atoms with Gasteiger partial charge in [0.15, 0.2) is 0 Å². The molecular weight excluding hydrogens is 210 g/mol. The maximum absolute atomic E-state index is 12.2. The fraction of sp³-hybridized carbons (Fsp3) is 0.200. The molecule has 1 nitrogen and oxygen atoms in total. The third-order valence-electron chi connectivity index (χ3n) is 1.61. The number of benzene rings is 1. The van der Waals surface area contributed by atoms with E-state index in [0.717, 1.165) is 6.08 Å². The van der Waals surface area contributed by atoms with E-state index in [0.29, 0.717) is 11.6 Å². The first kappa shape index (κ1) is 11.1. The zero-order chi connectivity index (χ0) is 10.6.